The van der Waals surface area contributed by atoms with Crippen molar-refractivity contribution < 1.29 is 9.90 Å². The van der Waals surface area contributed by atoms with Gasteiger partial charge in [-0.05, 0) is 30.2 Å². The van der Waals surface area contributed by atoms with Crippen LogP contribution >= 0.6 is 11.6 Å². The zero-order valence-corrected chi connectivity index (χ0v) is 12.6. The van der Waals surface area contributed by atoms with Crippen molar-refractivity contribution >= 4 is 46.0 Å². The van der Waals surface area contributed by atoms with Gasteiger partial charge in [-0.15, -0.1) is 0 Å². The molecule has 2 aliphatic heterocycles. The molecule has 2 aromatic rings. The minimum atomic E-state index is -0.255. The quantitative estimate of drug-likeness (QED) is 0.639. The molecule has 3 heterocycles. The van der Waals surface area contributed by atoms with Gasteiger partial charge in [-0.1, -0.05) is 11.6 Å². The van der Waals surface area contributed by atoms with Gasteiger partial charge in [0.2, 0.25) is 11.8 Å². The standard InChI is InChI=1S/C15H12ClN5O2/c16-6-1-2-9-8(5-6)10-7(11-14(23)21-15(17)20-11)3-4-18-13(22)12(10)19-9/h1-2,5,23H,3-4H2,(H,18,22)(H3,17,20,21). The van der Waals surface area contributed by atoms with E-state index in [9.17, 15) is 9.90 Å². The van der Waals surface area contributed by atoms with Gasteiger partial charge < -0.3 is 21.1 Å². The van der Waals surface area contributed by atoms with Crippen LogP contribution in [0.15, 0.2) is 23.2 Å². The molecule has 0 atom stereocenters. The van der Waals surface area contributed by atoms with E-state index >= 15 is 0 Å². The van der Waals surface area contributed by atoms with Crippen molar-refractivity contribution in [2.45, 2.75) is 6.42 Å². The van der Waals surface area contributed by atoms with E-state index in [1.165, 1.54) is 0 Å². The van der Waals surface area contributed by atoms with E-state index in [4.69, 9.17) is 17.3 Å². The van der Waals surface area contributed by atoms with Gasteiger partial charge in [0.25, 0.3) is 5.91 Å². The summed E-state index contributed by atoms with van der Waals surface area (Å²) in [7, 11) is 0. The van der Waals surface area contributed by atoms with Crippen LogP contribution < -0.4 is 11.1 Å². The molecule has 23 heavy (non-hydrogen) atoms. The molecule has 0 saturated heterocycles. The second-order valence-corrected chi connectivity index (χ2v) is 5.74. The number of anilines is 1. The lowest BCUT2D eigenvalue weighted by Crippen LogP contribution is -2.29. The molecule has 0 unspecified atom stereocenters. The summed E-state index contributed by atoms with van der Waals surface area (Å²) in [5, 5.41) is 13.4. The van der Waals surface area contributed by atoms with Crippen molar-refractivity contribution in [1.82, 2.24) is 15.3 Å². The van der Waals surface area contributed by atoms with Gasteiger partial charge in [-0.25, -0.2) is 4.99 Å². The number of hydrogen-bond donors (Lipinski definition) is 4. The predicted octanol–water partition coefficient (Wildman–Crippen LogP) is 1.87. The number of nitrogens with zero attached hydrogens (tertiary/aromatic N) is 2. The van der Waals surface area contributed by atoms with Gasteiger partial charge in [-0.3, -0.25) is 4.79 Å². The first-order valence-corrected chi connectivity index (χ1v) is 7.37. The monoisotopic (exact) mass is 329 g/mol. The molecule has 1 aromatic carbocycles. The molecule has 7 nitrogen and oxygen atoms in total. The van der Waals surface area contributed by atoms with E-state index in [1.807, 2.05) is 0 Å². The normalized spacial score (nSPS) is 16.6. The number of halogens is 1. The van der Waals surface area contributed by atoms with Crippen molar-refractivity contribution in [2.75, 3.05) is 12.3 Å². The number of aromatic hydroxyl groups is 1. The smallest absolute Gasteiger partial charge is 0.270 e. The van der Waals surface area contributed by atoms with Crippen LogP contribution in [0.25, 0.3) is 11.1 Å². The van der Waals surface area contributed by atoms with Crippen LogP contribution in [0.4, 0.5) is 11.6 Å². The number of amides is 1. The number of benzene rings is 1. The number of aliphatic imine (C=N–C) groups is 1. The zero-order chi connectivity index (χ0) is 16.1. The van der Waals surface area contributed by atoms with Gasteiger partial charge in [0.1, 0.15) is 11.4 Å². The lowest BCUT2D eigenvalue weighted by atomic mass is 9.94. The fourth-order valence-electron chi connectivity index (χ4n) is 2.93. The first-order valence-electron chi connectivity index (χ1n) is 6.99. The fraction of sp³-hybridized carbons (Fsp3) is 0.133. The fourth-order valence-corrected chi connectivity index (χ4v) is 3.10. The number of hydrogen-bond acceptors (Lipinski definition) is 5. The second kappa shape index (κ2) is 4.85. The maximum atomic E-state index is 12.3. The second-order valence-electron chi connectivity index (χ2n) is 5.30. The highest BCUT2D eigenvalue weighted by Gasteiger charge is 2.33. The molecule has 8 heteroatoms. The van der Waals surface area contributed by atoms with Gasteiger partial charge in [-0.2, -0.15) is 4.98 Å². The van der Waals surface area contributed by atoms with Crippen LogP contribution in [0.1, 0.15) is 17.7 Å². The Balaban J connectivity index is 2.03. The molecule has 0 radical (unpaired) electrons. The molecule has 5 N–H and O–H groups in total. The summed E-state index contributed by atoms with van der Waals surface area (Å²) in [6, 6.07) is 5.25. The summed E-state index contributed by atoms with van der Waals surface area (Å²) in [4.78, 5) is 23.3. The van der Waals surface area contributed by atoms with Gasteiger partial charge in [0.05, 0.1) is 5.69 Å². The zero-order valence-electron chi connectivity index (χ0n) is 11.9. The Labute approximate surface area is 135 Å². The minimum absolute atomic E-state index is 0.108. The third-order valence-corrected chi connectivity index (χ3v) is 4.11. The number of fused-ring (bicyclic) bond motifs is 3. The van der Waals surface area contributed by atoms with Crippen LogP contribution in [-0.4, -0.2) is 33.2 Å². The summed E-state index contributed by atoms with van der Waals surface area (Å²) < 4.78 is 0. The Morgan fingerprint density at radius 1 is 1.35 bits per heavy atom. The highest BCUT2D eigenvalue weighted by molar-refractivity contribution is 6.60. The molecule has 116 valence electrons. The highest BCUT2D eigenvalue weighted by atomic mass is 35.5. The Bertz CT molecular complexity index is 913. The van der Waals surface area contributed by atoms with E-state index < -0.39 is 0 Å². The number of H-pyrrole nitrogens is 1. The van der Waals surface area contributed by atoms with Crippen LogP contribution in [0.2, 0.25) is 5.02 Å². The van der Waals surface area contributed by atoms with Crippen molar-refractivity contribution in [3.8, 4) is 5.88 Å². The third kappa shape index (κ3) is 2.08. The molecule has 4 rings (SSSR count). The van der Waals surface area contributed by atoms with Crippen LogP contribution in [-0.2, 0) is 4.79 Å². The van der Waals surface area contributed by atoms with E-state index in [-0.39, 0.29) is 17.7 Å². The SMILES string of the molecule is Nc1nc(O)c(C2=C3C(=Nc4ccc(Cl)cc43)C(=O)NCC2)[nH]1. The van der Waals surface area contributed by atoms with Gasteiger partial charge >= 0.3 is 0 Å². The lowest BCUT2D eigenvalue weighted by Gasteiger charge is -2.09. The maximum Gasteiger partial charge on any atom is 0.270 e. The molecule has 0 saturated carbocycles. The van der Waals surface area contributed by atoms with Gasteiger partial charge in [0, 0.05) is 22.7 Å². The van der Waals surface area contributed by atoms with Crippen molar-refractivity contribution in [3.63, 3.8) is 0 Å². The van der Waals surface area contributed by atoms with E-state index in [2.05, 4.69) is 20.3 Å². The number of aromatic amines is 1. The Morgan fingerprint density at radius 2 is 2.17 bits per heavy atom. The number of aromatic nitrogens is 2. The van der Waals surface area contributed by atoms with Crippen molar-refractivity contribution in [3.05, 3.63) is 34.5 Å². The number of nitrogens with two attached hydrogens (primary N) is 1. The average Bonchev–Trinajstić information content (AvgIpc) is 2.98. The Morgan fingerprint density at radius 3 is 2.91 bits per heavy atom. The Hall–Kier alpha value is -2.80. The highest BCUT2D eigenvalue weighted by Crippen LogP contribution is 2.43. The first kappa shape index (κ1) is 13.8. The van der Waals surface area contributed by atoms with Crippen molar-refractivity contribution in [1.29, 1.82) is 0 Å². The van der Waals surface area contributed by atoms with E-state index in [0.717, 1.165) is 11.1 Å². The predicted molar refractivity (Wildman–Crippen MR) is 87.7 cm³/mol. The molecular weight excluding hydrogens is 318 g/mol. The van der Waals surface area contributed by atoms with E-state index in [1.54, 1.807) is 18.2 Å². The number of imidazole rings is 1. The Kier molecular flexibility index (Phi) is 2.92. The molecule has 0 bridgehead atoms. The molecule has 0 spiro atoms. The van der Waals surface area contributed by atoms with Crippen molar-refractivity contribution in [2.24, 2.45) is 4.99 Å². The number of nitrogen functional groups attached to an aromatic ring is 1. The molecule has 0 aliphatic carbocycles. The summed E-state index contributed by atoms with van der Waals surface area (Å²) in [6.45, 7) is 0.422. The van der Waals surface area contributed by atoms with Crippen LogP contribution in [0.5, 0.6) is 5.88 Å². The molecule has 1 aromatic heterocycles. The minimum Gasteiger partial charge on any atom is -0.492 e. The van der Waals surface area contributed by atoms with E-state index in [0.29, 0.717) is 40.7 Å². The summed E-state index contributed by atoms with van der Waals surface area (Å²) >= 11 is 6.10. The number of carbonyl (C=O) groups is 1. The molecule has 2 aliphatic rings. The van der Waals surface area contributed by atoms with Crippen LogP contribution in [0.3, 0.4) is 0 Å². The average molecular weight is 330 g/mol. The largest absolute Gasteiger partial charge is 0.492 e. The summed E-state index contributed by atoms with van der Waals surface area (Å²) in [5.74, 6) is -0.347. The van der Waals surface area contributed by atoms with Gasteiger partial charge in [0.15, 0.2) is 0 Å². The summed E-state index contributed by atoms with van der Waals surface area (Å²) in [5.41, 5.74) is 9.13. The lowest BCUT2D eigenvalue weighted by molar-refractivity contribution is -0.114. The first-order chi connectivity index (χ1) is 11.0. The number of carbonyl (C=O) groups excluding carboxylic acids is 1. The number of nitrogens with one attached hydrogen (secondary N) is 2. The summed E-state index contributed by atoms with van der Waals surface area (Å²) in [6.07, 6.45) is 0.501. The maximum absolute atomic E-state index is 12.3. The molecule has 1 amide bonds. The number of rotatable bonds is 1. The van der Waals surface area contributed by atoms with Crippen LogP contribution in [0, 0.1) is 0 Å². The molecular formula is C15H12ClN5O2. The molecule has 0 fully saturated rings. The topological polar surface area (TPSA) is 116 Å². The third-order valence-electron chi connectivity index (χ3n) is 3.88.